The fourth-order valence-electron chi connectivity index (χ4n) is 4.15. The number of hydrogen-bond acceptors (Lipinski definition) is 6. The lowest BCUT2D eigenvalue weighted by atomic mass is 10.0. The number of rotatable bonds is 4. The third-order valence-corrected chi connectivity index (χ3v) is 8.10. The van der Waals surface area contributed by atoms with Gasteiger partial charge in [0.1, 0.15) is 22.4 Å². The zero-order chi connectivity index (χ0) is 22.8. The van der Waals surface area contributed by atoms with Crippen molar-refractivity contribution in [2.75, 3.05) is 33.8 Å². The minimum absolute atomic E-state index is 0.0774. The number of ether oxygens (including phenoxy) is 1. The number of sulfonamides is 1. The summed E-state index contributed by atoms with van der Waals surface area (Å²) in [7, 11) is 0.0374. The van der Waals surface area contributed by atoms with Gasteiger partial charge in [0.25, 0.3) is 0 Å². The van der Waals surface area contributed by atoms with Crippen molar-refractivity contribution in [2.24, 2.45) is 5.92 Å². The number of hydrogen-bond donors (Lipinski definition) is 2. The molecule has 3 atom stereocenters. The molecule has 0 saturated heterocycles. The van der Waals surface area contributed by atoms with Crippen LogP contribution < -0.4 is 4.74 Å². The van der Waals surface area contributed by atoms with Crippen LogP contribution in [0.15, 0.2) is 23.1 Å². The van der Waals surface area contributed by atoms with Crippen LogP contribution in [-0.2, 0) is 10.0 Å². The molecule has 3 rings (SSSR count). The normalized spacial score (nSPS) is 26.2. The molecule has 1 aliphatic heterocycles. The van der Waals surface area contributed by atoms with Gasteiger partial charge in [0.2, 0.25) is 10.0 Å². The number of fused-ring (bicyclic) bond motifs is 1. The molecular weight excluding hydrogens is 416 g/mol. The molecule has 1 fully saturated rings. The summed E-state index contributed by atoms with van der Waals surface area (Å²) in [4.78, 5) is 2.09. The second-order valence-corrected chi connectivity index (χ2v) is 11.0. The lowest BCUT2D eigenvalue weighted by Crippen LogP contribution is -2.49. The van der Waals surface area contributed by atoms with E-state index < -0.39 is 21.7 Å². The lowest BCUT2D eigenvalue weighted by Gasteiger charge is -2.37. The second kappa shape index (κ2) is 9.47. The Bertz CT molecular complexity index is 944. The second-order valence-electron chi connectivity index (χ2n) is 9.15. The third kappa shape index (κ3) is 5.41. The highest BCUT2D eigenvalue weighted by Gasteiger charge is 2.38. The number of aliphatic hydroxyl groups is 2. The summed E-state index contributed by atoms with van der Waals surface area (Å²) in [5.41, 5.74) is -0.361. The topological polar surface area (TPSA) is 90.3 Å². The molecule has 1 aliphatic carbocycles. The summed E-state index contributed by atoms with van der Waals surface area (Å²) in [5.74, 6) is 6.15. The molecule has 7 nitrogen and oxygen atoms in total. The van der Waals surface area contributed by atoms with E-state index in [2.05, 4.69) is 11.8 Å². The molecule has 0 spiro atoms. The quantitative estimate of drug-likeness (QED) is 0.679. The smallest absolute Gasteiger partial charge is 0.247 e. The van der Waals surface area contributed by atoms with Gasteiger partial charge in [0, 0.05) is 30.6 Å². The van der Waals surface area contributed by atoms with E-state index in [9.17, 15) is 18.6 Å². The van der Waals surface area contributed by atoms with E-state index in [1.165, 1.54) is 10.4 Å². The van der Waals surface area contributed by atoms with Gasteiger partial charge >= 0.3 is 0 Å². The Morgan fingerprint density at radius 1 is 1.32 bits per heavy atom. The summed E-state index contributed by atoms with van der Waals surface area (Å²) in [5, 5.41) is 20.2. The molecule has 0 radical (unpaired) electrons. The maximum absolute atomic E-state index is 13.4. The summed E-state index contributed by atoms with van der Waals surface area (Å²) in [6, 6.07) is 4.28. The van der Waals surface area contributed by atoms with Gasteiger partial charge in [-0.25, -0.2) is 8.42 Å². The Labute approximate surface area is 186 Å². The molecule has 172 valence electrons. The van der Waals surface area contributed by atoms with Gasteiger partial charge in [-0.3, -0.25) is 0 Å². The fraction of sp³-hybridized carbons (Fsp3) is 0.652. The minimum Gasteiger partial charge on any atom is -0.487 e. The number of aliphatic hydroxyl groups excluding tert-OH is 1. The van der Waals surface area contributed by atoms with Gasteiger partial charge in [0.15, 0.2) is 0 Å². The van der Waals surface area contributed by atoms with Crippen molar-refractivity contribution in [1.82, 2.24) is 9.21 Å². The third-order valence-electron chi connectivity index (χ3n) is 6.08. The predicted octanol–water partition coefficient (Wildman–Crippen LogP) is 1.67. The van der Waals surface area contributed by atoms with Crippen LogP contribution in [0.4, 0.5) is 0 Å². The zero-order valence-electron chi connectivity index (χ0n) is 18.8. The van der Waals surface area contributed by atoms with Gasteiger partial charge < -0.3 is 19.8 Å². The van der Waals surface area contributed by atoms with E-state index in [0.717, 1.165) is 12.8 Å². The van der Waals surface area contributed by atoms with Crippen molar-refractivity contribution in [2.45, 2.75) is 62.2 Å². The van der Waals surface area contributed by atoms with Crippen LogP contribution in [0.2, 0.25) is 0 Å². The molecule has 1 aromatic rings. The van der Waals surface area contributed by atoms with Crippen molar-refractivity contribution in [3.8, 4) is 17.6 Å². The first kappa shape index (κ1) is 24.0. The van der Waals surface area contributed by atoms with Crippen molar-refractivity contribution in [3.05, 3.63) is 23.8 Å². The first-order valence-corrected chi connectivity index (χ1v) is 12.3. The van der Waals surface area contributed by atoms with Gasteiger partial charge in [-0.05, 0) is 64.9 Å². The molecule has 1 saturated carbocycles. The largest absolute Gasteiger partial charge is 0.487 e. The van der Waals surface area contributed by atoms with Crippen molar-refractivity contribution < 1.29 is 23.4 Å². The standard InChI is InChI=1S/C23H34N2O5S/c1-17-14-25(18(2)16-26)31(28,29)22-8-7-19(9-12-23(27)10-5-6-11-23)13-20(22)30-21(17)15-24(3)4/h7-8,13,17-18,21,26-27H,5-6,10-11,14-16H2,1-4H3/t17-,18-,21+/m1/s1. The molecular formula is C23H34N2O5S. The molecule has 8 heteroatoms. The maximum Gasteiger partial charge on any atom is 0.247 e. The van der Waals surface area contributed by atoms with Crippen LogP contribution in [0.5, 0.6) is 5.75 Å². The van der Waals surface area contributed by atoms with Crippen molar-refractivity contribution >= 4 is 10.0 Å². The van der Waals surface area contributed by atoms with Crippen molar-refractivity contribution in [3.63, 3.8) is 0 Å². The number of nitrogens with zero attached hydrogens (tertiary/aromatic N) is 2. The SMILES string of the molecule is C[C@@H]1CN([C@H](C)CO)S(=O)(=O)c2ccc(C#CC3(O)CCCC3)cc2O[C@H]1CN(C)C. The number of likely N-dealkylation sites (N-methyl/N-ethyl adjacent to an activating group) is 1. The van der Waals surface area contributed by atoms with Crippen LogP contribution in [0.1, 0.15) is 45.1 Å². The average Bonchev–Trinajstić information content (AvgIpc) is 3.15. The molecule has 2 aliphatic rings. The van der Waals surface area contributed by atoms with Gasteiger partial charge in [-0.2, -0.15) is 4.31 Å². The average molecular weight is 451 g/mol. The maximum atomic E-state index is 13.4. The summed E-state index contributed by atoms with van der Waals surface area (Å²) in [6.45, 7) is 4.29. The van der Waals surface area contributed by atoms with Gasteiger partial charge in [0.05, 0.1) is 6.61 Å². The zero-order valence-corrected chi connectivity index (χ0v) is 19.7. The van der Waals surface area contributed by atoms with E-state index in [-0.39, 0.29) is 35.8 Å². The summed E-state index contributed by atoms with van der Waals surface area (Å²) < 4.78 is 34.5. The lowest BCUT2D eigenvalue weighted by molar-refractivity contribution is 0.0812. The molecule has 0 aromatic heterocycles. The van der Waals surface area contributed by atoms with Crippen LogP contribution >= 0.6 is 0 Å². The highest BCUT2D eigenvalue weighted by molar-refractivity contribution is 7.89. The van der Waals surface area contributed by atoms with E-state index in [0.29, 0.717) is 24.9 Å². The van der Waals surface area contributed by atoms with Crippen LogP contribution in [0, 0.1) is 17.8 Å². The monoisotopic (exact) mass is 450 g/mol. The Hall–Kier alpha value is -1.63. The van der Waals surface area contributed by atoms with E-state index >= 15 is 0 Å². The highest BCUT2D eigenvalue weighted by Crippen LogP contribution is 2.34. The number of benzene rings is 1. The first-order valence-electron chi connectivity index (χ1n) is 10.9. The van der Waals surface area contributed by atoms with Gasteiger partial charge in [-0.1, -0.05) is 18.8 Å². The van der Waals surface area contributed by atoms with E-state index in [1.54, 1.807) is 19.1 Å². The van der Waals surface area contributed by atoms with Crippen LogP contribution in [0.25, 0.3) is 0 Å². The molecule has 0 unspecified atom stereocenters. The van der Waals surface area contributed by atoms with E-state index in [4.69, 9.17) is 4.74 Å². The summed E-state index contributed by atoms with van der Waals surface area (Å²) >= 11 is 0. The Morgan fingerprint density at radius 2 is 2.00 bits per heavy atom. The first-order chi connectivity index (χ1) is 14.6. The van der Waals surface area contributed by atoms with Crippen LogP contribution in [-0.4, -0.2) is 79.4 Å². The van der Waals surface area contributed by atoms with Crippen LogP contribution in [0.3, 0.4) is 0 Å². The van der Waals surface area contributed by atoms with Crippen molar-refractivity contribution in [1.29, 1.82) is 0 Å². The molecule has 1 heterocycles. The molecule has 2 N–H and O–H groups in total. The van der Waals surface area contributed by atoms with E-state index in [1.807, 2.05) is 25.9 Å². The highest BCUT2D eigenvalue weighted by atomic mass is 32.2. The molecule has 1 aromatic carbocycles. The van der Waals surface area contributed by atoms with Gasteiger partial charge in [-0.15, -0.1) is 0 Å². The fourth-order valence-corrected chi connectivity index (χ4v) is 5.98. The Morgan fingerprint density at radius 3 is 2.61 bits per heavy atom. The molecule has 0 amide bonds. The minimum atomic E-state index is -3.86. The summed E-state index contributed by atoms with van der Waals surface area (Å²) in [6.07, 6.45) is 3.00. The molecule has 0 bridgehead atoms. The predicted molar refractivity (Wildman–Crippen MR) is 119 cm³/mol. The molecule has 31 heavy (non-hydrogen) atoms. The Kier molecular flexibility index (Phi) is 7.34. The Balaban J connectivity index is 2.06.